The maximum atomic E-state index is 12.0. The summed E-state index contributed by atoms with van der Waals surface area (Å²) >= 11 is 7.25. The quantitative estimate of drug-likeness (QED) is 0.605. The lowest BCUT2D eigenvalue weighted by atomic mass is 10.2. The molecule has 0 spiro atoms. The fraction of sp³-hybridized carbons (Fsp3) is 0.167. The number of aryl methyl sites for hydroxylation is 1. The Morgan fingerprint density at radius 2 is 2.04 bits per heavy atom. The first-order valence-electron chi connectivity index (χ1n) is 7.79. The van der Waals surface area contributed by atoms with Gasteiger partial charge < -0.3 is 14.5 Å². The number of hydrogen-bond acceptors (Lipinski definition) is 6. The van der Waals surface area contributed by atoms with Crippen molar-refractivity contribution in [3.63, 3.8) is 0 Å². The lowest BCUT2D eigenvalue weighted by Crippen LogP contribution is -2.14. The van der Waals surface area contributed by atoms with Crippen LogP contribution < -0.4 is 10.1 Å². The van der Waals surface area contributed by atoms with Gasteiger partial charge in [0.25, 0.3) is 11.1 Å². The number of anilines is 1. The van der Waals surface area contributed by atoms with E-state index in [9.17, 15) is 4.79 Å². The second-order valence-corrected chi connectivity index (χ2v) is 6.72. The molecular formula is C18H16ClN3O3S. The van der Waals surface area contributed by atoms with Crippen LogP contribution in [0, 0.1) is 6.92 Å². The number of aromatic nitrogens is 2. The number of halogens is 1. The molecule has 0 aliphatic carbocycles. The number of rotatable bonds is 7. The Balaban J connectivity index is 1.47. The summed E-state index contributed by atoms with van der Waals surface area (Å²) in [6.07, 6.45) is 0. The molecule has 134 valence electrons. The Morgan fingerprint density at radius 3 is 2.81 bits per heavy atom. The van der Waals surface area contributed by atoms with Crippen molar-refractivity contribution in [1.29, 1.82) is 0 Å². The molecule has 0 aliphatic heterocycles. The third-order valence-electron chi connectivity index (χ3n) is 3.28. The predicted octanol–water partition coefficient (Wildman–Crippen LogP) is 4.34. The standard InChI is InChI=1S/C18H16ClN3O3S/c1-12-7-8-15(14(19)9-12)20-16(23)11-26-18-22-21-17(25-18)10-24-13-5-3-2-4-6-13/h2-9H,10-11H2,1H3,(H,20,23). The summed E-state index contributed by atoms with van der Waals surface area (Å²) in [4.78, 5) is 12.0. The molecule has 1 heterocycles. The monoisotopic (exact) mass is 389 g/mol. The van der Waals surface area contributed by atoms with Crippen LogP contribution in [0.4, 0.5) is 5.69 Å². The van der Waals surface area contributed by atoms with Gasteiger partial charge >= 0.3 is 0 Å². The molecule has 2 aromatic carbocycles. The van der Waals surface area contributed by atoms with E-state index in [1.54, 1.807) is 12.1 Å². The summed E-state index contributed by atoms with van der Waals surface area (Å²) in [6, 6.07) is 14.8. The van der Waals surface area contributed by atoms with Gasteiger partial charge in [0.05, 0.1) is 16.5 Å². The fourth-order valence-electron chi connectivity index (χ4n) is 2.05. The van der Waals surface area contributed by atoms with Crippen molar-refractivity contribution in [3.05, 3.63) is 65.0 Å². The molecule has 26 heavy (non-hydrogen) atoms. The Hall–Kier alpha value is -2.51. The summed E-state index contributed by atoms with van der Waals surface area (Å²) in [5.41, 5.74) is 1.60. The number of amides is 1. The highest BCUT2D eigenvalue weighted by Crippen LogP contribution is 2.23. The van der Waals surface area contributed by atoms with Gasteiger partial charge in [-0.25, -0.2) is 0 Å². The van der Waals surface area contributed by atoms with Crippen LogP contribution in [0.3, 0.4) is 0 Å². The Kier molecular flexibility index (Phi) is 6.14. The molecule has 6 nitrogen and oxygen atoms in total. The second kappa shape index (κ2) is 8.73. The summed E-state index contributed by atoms with van der Waals surface area (Å²) in [6.45, 7) is 2.10. The first-order valence-corrected chi connectivity index (χ1v) is 9.15. The number of benzene rings is 2. The highest BCUT2D eigenvalue weighted by Gasteiger charge is 2.11. The number of hydrogen-bond donors (Lipinski definition) is 1. The fourth-order valence-corrected chi connectivity index (χ4v) is 2.91. The molecule has 1 N–H and O–H groups in total. The van der Waals surface area contributed by atoms with Crippen molar-refractivity contribution < 1.29 is 13.9 Å². The topological polar surface area (TPSA) is 77.2 Å². The highest BCUT2D eigenvalue weighted by molar-refractivity contribution is 7.99. The van der Waals surface area contributed by atoms with Gasteiger partial charge in [0, 0.05) is 0 Å². The molecule has 0 fully saturated rings. The third kappa shape index (κ3) is 5.24. The molecule has 0 bridgehead atoms. The molecular weight excluding hydrogens is 374 g/mol. The van der Waals surface area contributed by atoms with Crippen molar-refractivity contribution in [2.75, 3.05) is 11.1 Å². The molecule has 3 aromatic rings. The lowest BCUT2D eigenvalue weighted by molar-refractivity contribution is -0.113. The number of nitrogens with zero attached hydrogens (tertiary/aromatic N) is 2. The van der Waals surface area contributed by atoms with Gasteiger partial charge in [-0.15, -0.1) is 10.2 Å². The van der Waals surface area contributed by atoms with Crippen molar-refractivity contribution in [2.24, 2.45) is 0 Å². The van der Waals surface area contributed by atoms with Crippen molar-refractivity contribution >= 4 is 35.0 Å². The van der Waals surface area contributed by atoms with E-state index in [0.717, 1.165) is 17.3 Å². The lowest BCUT2D eigenvalue weighted by Gasteiger charge is -2.06. The Labute approximate surface area is 159 Å². The van der Waals surface area contributed by atoms with E-state index in [1.807, 2.05) is 43.3 Å². The van der Waals surface area contributed by atoms with E-state index >= 15 is 0 Å². The number of carbonyl (C=O) groups excluding carboxylic acids is 1. The van der Waals surface area contributed by atoms with Gasteiger partial charge in [-0.2, -0.15) is 0 Å². The first kappa shape index (κ1) is 18.3. The van der Waals surface area contributed by atoms with Gasteiger partial charge in [-0.1, -0.05) is 47.6 Å². The van der Waals surface area contributed by atoms with Gasteiger partial charge in [0.1, 0.15) is 5.75 Å². The first-order chi connectivity index (χ1) is 12.6. The molecule has 0 aliphatic rings. The molecule has 1 amide bonds. The maximum Gasteiger partial charge on any atom is 0.277 e. The Morgan fingerprint density at radius 1 is 1.23 bits per heavy atom. The molecule has 0 radical (unpaired) electrons. The molecule has 0 unspecified atom stereocenters. The van der Waals surface area contributed by atoms with Crippen molar-refractivity contribution in [1.82, 2.24) is 10.2 Å². The van der Waals surface area contributed by atoms with Crippen LogP contribution in [0.5, 0.6) is 5.75 Å². The van der Waals surface area contributed by atoms with Gasteiger partial charge in [-0.05, 0) is 36.8 Å². The smallest absolute Gasteiger partial charge is 0.277 e. The van der Waals surface area contributed by atoms with Crippen LogP contribution in [0.2, 0.25) is 5.02 Å². The average molecular weight is 390 g/mol. The Bertz CT molecular complexity index is 886. The number of nitrogens with one attached hydrogen (secondary N) is 1. The normalized spacial score (nSPS) is 10.5. The molecule has 1 aromatic heterocycles. The number of ether oxygens (including phenoxy) is 1. The van der Waals surface area contributed by atoms with Crippen molar-refractivity contribution in [2.45, 2.75) is 18.8 Å². The van der Waals surface area contributed by atoms with Gasteiger partial charge in [0.15, 0.2) is 6.61 Å². The van der Waals surface area contributed by atoms with Crippen LogP contribution in [0.25, 0.3) is 0 Å². The highest BCUT2D eigenvalue weighted by atomic mass is 35.5. The van der Waals surface area contributed by atoms with Gasteiger partial charge in [-0.3, -0.25) is 4.79 Å². The summed E-state index contributed by atoms with van der Waals surface area (Å²) in [7, 11) is 0. The minimum absolute atomic E-state index is 0.130. The van der Waals surface area contributed by atoms with Crippen LogP contribution in [-0.2, 0) is 11.4 Å². The molecule has 0 saturated heterocycles. The van der Waals surface area contributed by atoms with E-state index in [2.05, 4.69) is 15.5 Å². The zero-order valence-electron chi connectivity index (χ0n) is 13.9. The predicted molar refractivity (Wildman–Crippen MR) is 101 cm³/mol. The summed E-state index contributed by atoms with van der Waals surface area (Å²) in [5.74, 6) is 0.986. The maximum absolute atomic E-state index is 12.0. The number of carbonyl (C=O) groups is 1. The van der Waals surface area contributed by atoms with E-state index in [-0.39, 0.29) is 18.3 Å². The number of para-hydroxylation sites is 1. The van der Waals surface area contributed by atoms with Crippen molar-refractivity contribution in [3.8, 4) is 5.75 Å². The van der Waals surface area contributed by atoms with Gasteiger partial charge in [0.2, 0.25) is 5.91 Å². The van der Waals surface area contributed by atoms with Crippen LogP contribution in [0.15, 0.2) is 58.2 Å². The van der Waals surface area contributed by atoms with Crippen LogP contribution in [0.1, 0.15) is 11.5 Å². The summed E-state index contributed by atoms with van der Waals surface area (Å²) < 4.78 is 11.0. The largest absolute Gasteiger partial charge is 0.484 e. The number of thioether (sulfide) groups is 1. The van der Waals surface area contributed by atoms with Crippen LogP contribution in [-0.4, -0.2) is 21.9 Å². The molecule has 0 saturated carbocycles. The molecule has 3 rings (SSSR count). The molecule has 0 atom stereocenters. The van der Waals surface area contributed by atoms with E-state index in [0.29, 0.717) is 27.6 Å². The minimum atomic E-state index is -0.207. The zero-order valence-corrected chi connectivity index (χ0v) is 15.5. The third-order valence-corrected chi connectivity index (χ3v) is 4.41. The van der Waals surface area contributed by atoms with E-state index in [4.69, 9.17) is 20.8 Å². The minimum Gasteiger partial charge on any atom is -0.484 e. The molecule has 8 heteroatoms. The van der Waals surface area contributed by atoms with E-state index in [1.165, 1.54) is 0 Å². The average Bonchev–Trinajstić information content (AvgIpc) is 3.09. The zero-order chi connectivity index (χ0) is 18.4. The van der Waals surface area contributed by atoms with E-state index < -0.39 is 0 Å². The van der Waals surface area contributed by atoms with Crippen LogP contribution >= 0.6 is 23.4 Å². The second-order valence-electron chi connectivity index (χ2n) is 5.38. The summed E-state index contributed by atoms with van der Waals surface area (Å²) in [5, 5.41) is 11.4. The SMILES string of the molecule is Cc1ccc(NC(=O)CSc2nnc(COc3ccccc3)o2)c(Cl)c1.